The van der Waals surface area contributed by atoms with E-state index in [4.69, 9.17) is 0 Å². The van der Waals surface area contributed by atoms with E-state index in [1.807, 2.05) is 6.07 Å². The van der Waals surface area contributed by atoms with Gasteiger partial charge in [0.15, 0.2) is 0 Å². The second kappa shape index (κ2) is 7.70. The number of aromatic nitrogens is 4. The number of nitrogens with one attached hydrogen (secondary N) is 1. The average molecular weight is 404 g/mol. The fourth-order valence-electron chi connectivity index (χ4n) is 3.29. The molecule has 3 aromatic rings. The van der Waals surface area contributed by atoms with Crippen LogP contribution in [0.25, 0.3) is 5.95 Å². The van der Waals surface area contributed by atoms with Gasteiger partial charge < -0.3 is 10.2 Å². The Balaban J connectivity index is 1.59. The predicted octanol–water partition coefficient (Wildman–Crippen LogP) is 3.34. The molecule has 2 aromatic heterocycles. The lowest BCUT2D eigenvalue weighted by molar-refractivity contribution is -0.117. The van der Waals surface area contributed by atoms with E-state index in [1.54, 1.807) is 47.6 Å². The van der Waals surface area contributed by atoms with Crippen LogP contribution in [0.15, 0.2) is 48.8 Å². The number of carbonyl (C=O) groups excluding carboxylic acids is 2. The highest BCUT2D eigenvalue weighted by molar-refractivity contribution is 6.04. The molecule has 8 heteroatoms. The number of carbonyl (C=O) groups is 2. The molecule has 0 atom stereocenters. The van der Waals surface area contributed by atoms with E-state index in [9.17, 15) is 9.59 Å². The molecule has 0 aliphatic carbocycles. The van der Waals surface area contributed by atoms with Crippen molar-refractivity contribution in [1.29, 1.82) is 0 Å². The number of rotatable bonds is 4. The van der Waals surface area contributed by atoms with Crippen LogP contribution in [0.4, 0.5) is 11.5 Å². The maximum absolute atomic E-state index is 12.9. The van der Waals surface area contributed by atoms with Gasteiger partial charge in [-0.25, -0.2) is 9.97 Å². The van der Waals surface area contributed by atoms with Gasteiger partial charge in [-0.1, -0.05) is 20.8 Å². The highest BCUT2D eigenvalue weighted by Crippen LogP contribution is 2.26. The summed E-state index contributed by atoms with van der Waals surface area (Å²) in [6, 6.07) is 10.6. The van der Waals surface area contributed by atoms with Crippen LogP contribution >= 0.6 is 0 Å². The monoisotopic (exact) mass is 404 g/mol. The first-order valence-electron chi connectivity index (χ1n) is 9.93. The van der Waals surface area contributed by atoms with Crippen LogP contribution in [-0.4, -0.2) is 38.1 Å². The molecule has 30 heavy (non-hydrogen) atoms. The first-order valence-corrected chi connectivity index (χ1v) is 9.93. The van der Waals surface area contributed by atoms with E-state index >= 15 is 0 Å². The third kappa shape index (κ3) is 3.94. The molecular weight excluding hydrogens is 380 g/mol. The zero-order valence-electron chi connectivity index (χ0n) is 17.3. The lowest BCUT2D eigenvalue weighted by atomic mass is 9.92. The molecule has 1 aromatic carbocycles. The van der Waals surface area contributed by atoms with Crippen molar-refractivity contribution in [2.75, 3.05) is 16.8 Å². The van der Waals surface area contributed by atoms with Crippen molar-refractivity contribution in [3.8, 4) is 5.95 Å². The second-order valence-electron chi connectivity index (χ2n) is 8.28. The number of hydrogen-bond donors (Lipinski definition) is 1. The predicted molar refractivity (Wildman–Crippen MR) is 114 cm³/mol. The summed E-state index contributed by atoms with van der Waals surface area (Å²) >= 11 is 0. The topological polar surface area (TPSA) is 93.0 Å². The van der Waals surface area contributed by atoms with E-state index in [1.165, 1.54) is 4.68 Å². The molecule has 0 radical (unpaired) electrons. The highest BCUT2D eigenvalue weighted by atomic mass is 16.2. The van der Waals surface area contributed by atoms with Gasteiger partial charge in [-0.3, -0.25) is 9.59 Å². The van der Waals surface area contributed by atoms with Crippen LogP contribution in [0.3, 0.4) is 0 Å². The van der Waals surface area contributed by atoms with Crippen molar-refractivity contribution in [1.82, 2.24) is 19.7 Å². The van der Waals surface area contributed by atoms with Crippen LogP contribution < -0.4 is 10.2 Å². The van der Waals surface area contributed by atoms with Crippen LogP contribution in [0.1, 0.15) is 49.7 Å². The van der Waals surface area contributed by atoms with Gasteiger partial charge in [0, 0.05) is 48.1 Å². The quantitative estimate of drug-likeness (QED) is 0.720. The Morgan fingerprint density at radius 3 is 2.40 bits per heavy atom. The van der Waals surface area contributed by atoms with Crippen LogP contribution in [0.2, 0.25) is 0 Å². The molecule has 1 fully saturated rings. The summed E-state index contributed by atoms with van der Waals surface area (Å²) in [5.41, 5.74) is 1.91. The Kier molecular flexibility index (Phi) is 5.07. The number of hydrogen-bond acceptors (Lipinski definition) is 5. The molecule has 8 nitrogen and oxygen atoms in total. The molecule has 1 aliphatic heterocycles. The van der Waals surface area contributed by atoms with Gasteiger partial charge in [0.05, 0.1) is 5.69 Å². The molecular formula is C22H24N6O2. The Bertz CT molecular complexity index is 1070. The Morgan fingerprint density at radius 2 is 1.80 bits per heavy atom. The molecule has 4 rings (SSSR count). The van der Waals surface area contributed by atoms with Crippen molar-refractivity contribution >= 4 is 23.3 Å². The first kappa shape index (κ1) is 19.8. The molecule has 0 saturated carbocycles. The lowest BCUT2D eigenvalue weighted by Gasteiger charge is -2.15. The maximum Gasteiger partial charge on any atom is 0.256 e. The number of anilines is 2. The van der Waals surface area contributed by atoms with E-state index in [0.717, 1.165) is 24.3 Å². The van der Waals surface area contributed by atoms with Crippen LogP contribution in [-0.2, 0) is 10.2 Å². The minimum Gasteiger partial charge on any atom is -0.312 e. The third-order valence-corrected chi connectivity index (χ3v) is 4.98. The SMILES string of the molecule is CC(C)(C)c1cc(NC(=O)c2ccc(N3CCCC3=O)cc2)n(-c2ncccn2)n1. The minimum atomic E-state index is -0.271. The summed E-state index contributed by atoms with van der Waals surface area (Å²) in [5, 5.41) is 7.52. The zero-order valence-corrected chi connectivity index (χ0v) is 17.3. The summed E-state index contributed by atoms with van der Waals surface area (Å²) in [7, 11) is 0. The van der Waals surface area contributed by atoms with Crippen LogP contribution in [0, 0.1) is 0 Å². The zero-order chi connectivity index (χ0) is 21.3. The highest BCUT2D eigenvalue weighted by Gasteiger charge is 2.24. The molecule has 0 spiro atoms. The summed E-state index contributed by atoms with van der Waals surface area (Å²) in [6.07, 6.45) is 4.70. The van der Waals surface area contributed by atoms with Gasteiger partial charge in [-0.05, 0) is 36.8 Å². The fourth-order valence-corrected chi connectivity index (χ4v) is 3.29. The second-order valence-corrected chi connectivity index (χ2v) is 8.28. The summed E-state index contributed by atoms with van der Waals surface area (Å²) in [6.45, 7) is 6.87. The van der Waals surface area contributed by atoms with Crippen molar-refractivity contribution in [2.24, 2.45) is 0 Å². The minimum absolute atomic E-state index is 0.119. The van der Waals surface area contributed by atoms with Crippen molar-refractivity contribution in [3.05, 3.63) is 60.0 Å². The largest absolute Gasteiger partial charge is 0.312 e. The molecule has 0 bridgehead atoms. The van der Waals surface area contributed by atoms with Gasteiger partial charge in [0.2, 0.25) is 5.91 Å². The third-order valence-electron chi connectivity index (χ3n) is 4.98. The van der Waals surface area contributed by atoms with Gasteiger partial charge >= 0.3 is 0 Å². The average Bonchev–Trinajstić information content (AvgIpc) is 3.35. The lowest BCUT2D eigenvalue weighted by Crippen LogP contribution is -2.23. The number of nitrogens with zero attached hydrogens (tertiary/aromatic N) is 5. The number of amides is 2. The fraction of sp³-hybridized carbons (Fsp3) is 0.318. The molecule has 1 aliphatic rings. The van der Waals surface area contributed by atoms with Crippen LogP contribution in [0.5, 0.6) is 0 Å². The number of benzene rings is 1. The summed E-state index contributed by atoms with van der Waals surface area (Å²) < 4.78 is 1.54. The summed E-state index contributed by atoms with van der Waals surface area (Å²) in [5.74, 6) is 0.724. The van der Waals surface area contributed by atoms with Crippen molar-refractivity contribution < 1.29 is 9.59 Å². The van der Waals surface area contributed by atoms with E-state index in [0.29, 0.717) is 23.8 Å². The molecule has 1 saturated heterocycles. The van der Waals surface area contributed by atoms with E-state index in [2.05, 4.69) is 41.2 Å². The van der Waals surface area contributed by atoms with Gasteiger partial charge in [0.25, 0.3) is 11.9 Å². The maximum atomic E-state index is 12.9. The van der Waals surface area contributed by atoms with Crippen molar-refractivity contribution in [2.45, 2.75) is 39.0 Å². The van der Waals surface area contributed by atoms with Gasteiger partial charge in [-0.2, -0.15) is 9.78 Å². The van der Waals surface area contributed by atoms with E-state index in [-0.39, 0.29) is 17.2 Å². The molecule has 0 unspecified atom stereocenters. The normalized spacial score (nSPS) is 14.2. The standard InChI is InChI=1S/C22H24N6O2/c1-22(2,3)17-14-18(28(26-17)21-23-11-5-12-24-21)25-20(30)15-7-9-16(10-8-15)27-13-4-6-19(27)29/h5,7-12,14H,4,6,13H2,1-3H3,(H,25,30). The smallest absolute Gasteiger partial charge is 0.256 e. The van der Waals surface area contributed by atoms with Gasteiger partial charge in [0.1, 0.15) is 5.82 Å². The molecule has 2 amide bonds. The van der Waals surface area contributed by atoms with Crippen molar-refractivity contribution in [3.63, 3.8) is 0 Å². The Labute approximate surface area is 175 Å². The molecule has 1 N–H and O–H groups in total. The Morgan fingerprint density at radius 1 is 1.10 bits per heavy atom. The van der Waals surface area contributed by atoms with Gasteiger partial charge in [-0.15, -0.1) is 0 Å². The Hall–Kier alpha value is -3.55. The van der Waals surface area contributed by atoms with E-state index < -0.39 is 0 Å². The summed E-state index contributed by atoms with van der Waals surface area (Å²) in [4.78, 5) is 35.0. The molecule has 3 heterocycles. The first-order chi connectivity index (χ1) is 14.3. The molecule has 154 valence electrons.